The summed E-state index contributed by atoms with van der Waals surface area (Å²) in [5.74, 6) is 0.521. The van der Waals surface area contributed by atoms with Crippen molar-refractivity contribution in [2.75, 3.05) is 19.0 Å². The number of benzene rings is 2. The normalized spacial score (nSPS) is 11.2. The Kier molecular flexibility index (Phi) is 5.22. The van der Waals surface area contributed by atoms with Gasteiger partial charge in [0.2, 0.25) is 4.77 Å². The quantitative estimate of drug-likeness (QED) is 0.510. The van der Waals surface area contributed by atoms with Crippen LogP contribution in [-0.2, 0) is 0 Å². The van der Waals surface area contributed by atoms with Gasteiger partial charge < -0.3 is 4.90 Å². The van der Waals surface area contributed by atoms with Crippen LogP contribution in [0.3, 0.4) is 0 Å². The molecule has 3 aromatic rings. The van der Waals surface area contributed by atoms with E-state index in [2.05, 4.69) is 15.3 Å². The molecule has 0 spiro atoms. The Morgan fingerprint density at radius 3 is 2.52 bits per heavy atom. The molecule has 2 aromatic carbocycles. The molecule has 0 aliphatic carbocycles. The standard InChI is InChI=1S/C17H15Cl2N5S/c1-23(2)13-6-3-11(4-7-13)10-20-24-16(21-22-17(24)25)14-8-5-12(18)9-15(14)19/h3-10H,1-2H3,(H,22,25). The molecule has 128 valence electrons. The molecular formula is C17H15Cl2N5S. The van der Waals surface area contributed by atoms with Gasteiger partial charge in [0.15, 0.2) is 5.82 Å². The van der Waals surface area contributed by atoms with Crippen molar-refractivity contribution in [1.29, 1.82) is 0 Å². The van der Waals surface area contributed by atoms with Crippen molar-refractivity contribution < 1.29 is 0 Å². The minimum Gasteiger partial charge on any atom is -0.378 e. The minimum absolute atomic E-state index is 0.377. The molecule has 0 saturated carbocycles. The first-order valence-corrected chi connectivity index (χ1v) is 8.57. The van der Waals surface area contributed by atoms with Crippen LogP contribution >= 0.6 is 35.4 Å². The lowest BCUT2D eigenvalue weighted by Crippen LogP contribution is -2.08. The average Bonchev–Trinajstić information content (AvgIpc) is 2.94. The first kappa shape index (κ1) is 17.7. The number of aromatic nitrogens is 3. The molecule has 0 unspecified atom stereocenters. The average molecular weight is 392 g/mol. The van der Waals surface area contributed by atoms with Crippen molar-refractivity contribution in [3.05, 3.63) is 62.8 Å². The Bertz CT molecular complexity index is 973. The molecule has 0 fully saturated rings. The third-order valence-electron chi connectivity index (χ3n) is 3.55. The SMILES string of the molecule is CN(C)c1ccc(C=Nn2c(-c3ccc(Cl)cc3Cl)n[nH]c2=S)cc1. The summed E-state index contributed by atoms with van der Waals surface area (Å²) in [5, 5.41) is 12.4. The zero-order chi connectivity index (χ0) is 18.0. The maximum Gasteiger partial charge on any atom is 0.216 e. The first-order valence-electron chi connectivity index (χ1n) is 7.40. The Hall–Kier alpha value is -2.15. The second-order valence-electron chi connectivity index (χ2n) is 5.52. The summed E-state index contributed by atoms with van der Waals surface area (Å²) in [7, 11) is 3.99. The maximum absolute atomic E-state index is 6.27. The fraction of sp³-hybridized carbons (Fsp3) is 0.118. The molecular weight excluding hydrogens is 377 g/mol. The number of hydrogen-bond acceptors (Lipinski definition) is 4. The van der Waals surface area contributed by atoms with E-state index in [0.29, 0.717) is 26.2 Å². The van der Waals surface area contributed by atoms with Crippen LogP contribution in [-0.4, -0.2) is 35.2 Å². The van der Waals surface area contributed by atoms with E-state index in [4.69, 9.17) is 35.4 Å². The van der Waals surface area contributed by atoms with Crippen molar-refractivity contribution in [2.45, 2.75) is 0 Å². The van der Waals surface area contributed by atoms with Gasteiger partial charge in [-0.25, -0.2) is 5.10 Å². The number of hydrogen-bond donors (Lipinski definition) is 1. The van der Waals surface area contributed by atoms with E-state index < -0.39 is 0 Å². The van der Waals surface area contributed by atoms with Crippen LogP contribution < -0.4 is 4.90 Å². The Balaban J connectivity index is 1.95. The van der Waals surface area contributed by atoms with Gasteiger partial charge in [-0.3, -0.25) is 0 Å². The Morgan fingerprint density at radius 2 is 1.88 bits per heavy atom. The summed E-state index contributed by atoms with van der Waals surface area (Å²) in [4.78, 5) is 2.04. The monoisotopic (exact) mass is 391 g/mol. The number of halogens is 2. The minimum atomic E-state index is 0.377. The van der Waals surface area contributed by atoms with Crippen LogP contribution in [0.5, 0.6) is 0 Å². The number of H-pyrrole nitrogens is 1. The van der Waals surface area contributed by atoms with Crippen molar-refractivity contribution >= 4 is 47.3 Å². The molecule has 8 heteroatoms. The van der Waals surface area contributed by atoms with E-state index in [9.17, 15) is 0 Å². The summed E-state index contributed by atoms with van der Waals surface area (Å²) in [6.07, 6.45) is 1.72. The molecule has 25 heavy (non-hydrogen) atoms. The Morgan fingerprint density at radius 1 is 1.16 bits per heavy atom. The van der Waals surface area contributed by atoms with E-state index in [-0.39, 0.29) is 0 Å². The van der Waals surface area contributed by atoms with Crippen molar-refractivity contribution in [3.63, 3.8) is 0 Å². The molecule has 5 nitrogen and oxygen atoms in total. The highest BCUT2D eigenvalue weighted by atomic mass is 35.5. The van der Waals surface area contributed by atoms with Crippen LogP contribution in [0.15, 0.2) is 47.6 Å². The highest BCUT2D eigenvalue weighted by Gasteiger charge is 2.12. The molecule has 0 amide bonds. The molecule has 1 aromatic heterocycles. The number of anilines is 1. The zero-order valence-electron chi connectivity index (χ0n) is 13.6. The summed E-state index contributed by atoms with van der Waals surface area (Å²) < 4.78 is 1.91. The van der Waals surface area contributed by atoms with Crippen LogP contribution in [0.4, 0.5) is 5.69 Å². The number of nitrogens with zero attached hydrogens (tertiary/aromatic N) is 4. The fourth-order valence-corrected chi connectivity index (χ4v) is 2.90. The van der Waals surface area contributed by atoms with E-state index in [1.165, 1.54) is 4.68 Å². The number of rotatable bonds is 4. The molecule has 0 bridgehead atoms. The van der Waals surface area contributed by atoms with Gasteiger partial charge >= 0.3 is 0 Å². The maximum atomic E-state index is 6.27. The molecule has 1 heterocycles. The molecule has 0 radical (unpaired) electrons. The smallest absolute Gasteiger partial charge is 0.216 e. The summed E-state index contributed by atoms with van der Waals surface area (Å²) in [6, 6.07) is 13.2. The predicted molar refractivity (Wildman–Crippen MR) is 107 cm³/mol. The van der Waals surface area contributed by atoms with E-state index >= 15 is 0 Å². The molecule has 0 aliphatic rings. The van der Waals surface area contributed by atoms with Gasteiger partial charge in [0.05, 0.1) is 11.2 Å². The van der Waals surface area contributed by atoms with Gasteiger partial charge in [-0.05, 0) is 48.1 Å². The van der Waals surface area contributed by atoms with Gasteiger partial charge in [-0.15, -0.1) is 0 Å². The second-order valence-corrected chi connectivity index (χ2v) is 6.75. The van der Waals surface area contributed by atoms with Gasteiger partial charge in [0.1, 0.15) is 0 Å². The van der Waals surface area contributed by atoms with Crippen molar-refractivity contribution in [2.24, 2.45) is 5.10 Å². The molecule has 3 rings (SSSR count). The largest absolute Gasteiger partial charge is 0.378 e. The van der Waals surface area contributed by atoms with Gasteiger partial charge in [-0.2, -0.15) is 14.9 Å². The molecule has 0 saturated heterocycles. The zero-order valence-corrected chi connectivity index (χ0v) is 15.9. The second kappa shape index (κ2) is 7.39. The summed E-state index contributed by atoms with van der Waals surface area (Å²) >= 11 is 17.5. The predicted octanol–water partition coefficient (Wildman–Crippen LogP) is 4.86. The first-order chi connectivity index (χ1) is 12.0. The summed E-state index contributed by atoms with van der Waals surface area (Å²) in [5.41, 5.74) is 2.76. The highest BCUT2D eigenvalue weighted by molar-refractivity contribution is 7.71. The summed E-state index contributed by atoms with van der Waals surface area (Å²) in [6.45, 7) is 0. The van der Waals surface area contributed by atoms with Gasteiger partial charge in [0, 0.05) is 30.4 Å². The molecule has 1 N–H and O–H groups in total. The van der Waals surface area contributed by atoms with E-state index in [1.54, 1.807) is 24.4 Å². The number of nitrogens with one attached hydrogen (secondary N) is 1. The van der Waals surface area contributed by atoms with Crippen molar-refractivity contribution in [3.8, 4) is 11.4 Å². The van der Waals surface area contributed by atoms with Crippen LogP contribution in [0.2, 0.25) is 10.0 Å². The highest BCUT2D eigenvalue weighted by Crippen LogP contribution is 2.29. The lowest BCUT2D eigenvalue weighted by atomic mass is 10.2. The van der Waals surface area contributed by atoms with E-state index in [0.717, 1.165) is 11.3 Å². The van der Waals surface area contributed by atoms with E-state index in [1.807, 2.05) is 43.3 Å². The fourth-order valence-electron chi connectivity index (χ4n) is 2.23. The van der Waals surface area contributed by atoms with Crippen molar-refractivity contribution in [1.82, 2.24) is 14.9 Å². The van der Waals surface area contributed by atoms with Crippen LogP contribution in [0.25, 0.3) is 11.4 Å². The lowest BCUT2D eigenvalue weighted by Gasteiger charge is -2.11. The molecule has 0 atom stereocenters. The van der Waals surface area contributed by atoms with Gasteiger partial charge in [-0.1, -0.05) is 35.3 Å². The third kappa shape index (κ3) is 3.92. The van der Waals surface area contributed by atoms with Gasteiger partial charge in [0.25, 0.3) is 0 Å². The third-order valence-corrected chi connectivity index (χ3v) is 4.37. The topological polar surface area (TPSA) is 49.2 Å². The lowest BCUT2D eigenvalue weighted by molar-refractivity contribution is 0.871. The Labute approximate surface area is 160 Å². The van der Waals surface area contributed by atoms with Crippen LogP contribution in [0.1, 0.15) is 5.56 Å². The number of aromatic amines is 1. The van der Waals surface area contributed by atoms with Crippen LogP contribution in [0, 0.1) is 4.77 Å². The molecule has 0 aliphatic heterocycles.